The molecule has 34 heavy (non-hydrogen) atoms. The number of hydrogen-bond acceptors (Lipinski definition) is 7. The number of hydrogen-bond donors (Lipinski definition) is 1. The normalized spacial score (nSPS) is 15.2. The van der Waals surface area contributed by atoms with Crippen molar-refractivity contribution in [2.45, 2.75) is 25.9 Å². The van der Waals surface area contributed by atoms with Crippen molar-refractivity contribution in [3.8, 4) is 17.5 Å². The highest BCUT2D eigenvalue weighted by Crippen LogP contribution is 2.22. The molecule has 1 amide bonds. The maximum Gasteiger partial charge on any atom is 0.316 e. The summed E-state index contributed by atoms with van der Waals surface area (Å²) in [7, 11) is 1.68. The lowest BCUT2D eigenvalue weighted by molar-refractivity contribution is 0.0580. The van der Waals surface area contributed by atoms with Gasteiger partial charge in [0.2, 0.25) is 5.82 Å². The van der Waals surface area contributed by atoms with Crippen LogP contribution in [0.3, 0.4) is 0 Å². The highest BCUT2D eigenvalue weighted by atomic mass is 19.1. The monoisotopic (exact) mass is 462 g/mol. The van der Waals surface area contributed by atoms with E-state index in [1.165, 1.54) is 23.3 Å². The second-order valence-corrected chi connectivity index (χ2v) is 8.41. The molecule has 0 bridgehead atoms. The van der Waals surface area contributed by atoms with Gasteiger partial charge in [-0.25, -0.2) is 4.39 Å². The molecule has 8 nitrogen and oxygen atoms in total. The van der Waals surface area contributed by atoms with Gasteiger partial charge in [-0.2, -0.15) is 10.2 Å². The Morgan fingerprint density at radius 3 is 2.68 bits per heavy atom. The molecule has 1 aliphatic heterocycles. The van der Waals surface area contributed by atoms with E-state index in [0.29, 0.717) is 25.1 Å². The molecule has 4 rings (SSSR count). The molecule has 1 aromatic heterocycles. The van der Waals surface area contributed by atoms with E-state index < -0.39 is 11.9 Å². The maximum absolute atomic E-state index is 14.7. The van der Waals surface area contributed by atoms with Crippen LogP contribution in [0.1, 0.15) is 27.4 Å². The van der Waals surface area contributed by atoms with Crippen molar-refractivity contribution >= 4 is 5.91 Å². The van der Waals surface area contributed by atoms with Gasteiger partial charge in [0.05, 0.1) is 17.7 Å². The molecule has 9 heteroatoms. The summed E-state index contributed by atoms with van der Waals surface area (Å²) in [6.07, 6.45) is 0.371. The molecule has 0 aliphatic carbocycles. The van der Waals surface area contributed by atoms with Crippen molar-refractivity contribution in [1.29, 1.82) is 5.26 Å². The van der Waals surface area contributed by atoms with Crippen LogP contribution in [-0.2, 0) is 13.0 Å². The third-order valence-corrected chi connectivity index (χ3v) is 6.14. The fourth-order valence-electron chi connectivity index (χ4n) is 4.01. The molecule has 1 atom stereocenters. The summed E-state index contributed by atoms with van der Waals surface area (Å²) in [6.45, 7) is 5.54. The predicted molar refractivity (Wildman–Crippen MR) is 124 cm³/mol. The Labute approximate surface area is 198 Å². The number of halogens is 1. The number of likely N-dealkylation sites (N-methyl/N-ethyl adjacent to an activating group) is 1. The lowest BCUT2D eigenvalue weighted by atomic mass is 10.0. The molecule has 2 aromatic carbocycles. The Bertz CT molecular complexity index is 1200. The van der Waals surface area contributed by atoms with Crippen LogP contribution in [0, 0.1) is 24.1 Å². The third kappa shape index (κ3) is 5.30. The summed E-state index contributed by atoms with van der Waals surface area (Å²) in [5.41, 5.74) is 3.36. The summed E-state index contributed by atoms with van der Waals surface area (Å²) in [5, 5.41) is 15.7. The maximum atomic E-state index is 14.7. The molecule has 1 fully saturated rings. The van der Waals surface area contributed by atoms with Gasteiger partial charge in [0.15, 0.2) is 0 Å². The second kappa shape index (κ2) is 10.5. The number of nitrogens with one attached hydrogen (secondary N) is 1. The molecular weight excluding hydrogens is 435 g/mol. The van der Waals surface area contributed by atoms with Gasteiger partial charge < -0.3 is 14.7 Å². The molecule has 1 unspecified atom stereocenters. The van der Waals surface area contributed by atoms with Gasteiger partial charge in [0.25, 0.3) is 0 Å². The van der Waals surface area contributed by atoms with Gasteiger partial charge >= 0.3 is 11.8 Å². The summed E-state index contributed by atoms with van der Waals surface area (Å²) in [5.74, 6) is -1.01. The first-order valence-electron chi connectivity index (χ1n) is 11.2. The van der Waals surface area contributed by atoms with Crippen LogP contribution >= 0.6 is 0 Å². The summed E-state index contributed by atoms with van der Waals surface area (Å²) < 4.78 is 19.9. The smallest absolute Gasteiger partial charge is 0.316 e. The molecule has 0 spiro atoms. The molecule has 1 saturated heterocycles. The molecule has 0 saturated carbocycles. The van der Waals surface area contributed by atoms with Crippen molar-refractivity contribution in [3.05, 3.63) is 70.9 Å². The second-order valence-electron chi connectivity index (χ2n) is 8.41. The zero-order chi connectivity index (χ0) is 24.1. The van der Waals surface area contributed by atoms with Crippen molar-refractivity contribution in [3.63, 3.8) is 0 Å². The fraction of sp³-hybridized carbons (Fsp3) is 0.360. The van der Waals surface area contributed by atoms with E-state index in [1.807, 2.05) is 12.1 Å². The minimum atomic E-state index is -0.532. The standard InChI is InChI=1S/C25H27FN6O2/c1-17-5-3-4-6-19(17)16-31-9-11-32(12-10-31)25(33)24-29-23(30-34-24)21-8-7-18(14-22(21)26)13-20(15-27)28-2/h3-8,14,20,28H,9-13,16H2,1-2H3. The molecule has 2 heterocycles. The zero-order valence-corrected chi connectivity index (χ0v) is 19.3. The molecule has 1 aliphatic rings. The molecule has 0 radical (unpaired) electrons. The molecule has 176 valence electrons. The largest absolute Gasteiger partial charge is 0.332 e. The van der Waals surface area contributed by atoms with Crippen LogP contribution in [-0.4, -0.2) is 65.1 Å². The van der Waals surface area contributed by atoms with Crippen LogP contribution in [0.4, 0.5) is 4.39 Å². The average molecular weight is 463 g/mol. The number of nitriles is 1. The van der Waals surface area contributed by atoms with Crippen LogP contribution in [0.5, 0.6) is 0 Å². The Kier molecular flexibility index (Phi) is 7.30. The van der Waals surface area contributed by atoms with E-state index >= 15 is 0 Å². The first-order valence-corrected chi connectivity index (χ1v) is 11.2. The minimum Gasteiger partial charge on any atom is -0.332 e. The van der Waals surface area contributed by atoms with E-state index in [4.69, 9.17) is 9.78 Å². The third-order valence-electron chi connectivity index (χ3n) is 6.14. The Balaban J connectivity index is 1.37. The summed E-state index contributed by atoms with van der Waals surface area (Å²) in [4.78, 5) is 21.0. The number of amides is 1. The first kappa shape index (κ1) is 23.5. The van der Waals surface area contributed by atoms with Crippen LogP contribution < -0.4 is 5.32 Å². The Morgan fingerprint density at radius 1 is 1.24 bits per heavy atom. The van der Waals surface area contributed by atoms with Gasteiger partial charge in [0, 0.05) is 39.1 Å². The highest BCUT2D eigenvalue weighted by Gasteiger charge is 2.27. The van der Waals surface area contributed by atoms with E-state index in [1.54, 1.807) is 18.0 Å². The van der Waals surface area contributed by atoms with E-state index in [0.717, 1.165) is 19.6 Å². The first-order chi connectivity index (χ1) is 16.5. The summed E-state index contributed by atoms with van der Waals surface area (Å²) >= 11 is 0. The van der Waals surface area contributed by atoms with E-state index in [-0.39, 0.29) is 23.2 Å². The van der Waals surface area contributed by atoms with E-state index in [2.05, 4.69) is 45.5 Å². The topological polar surface area (TPSA) is 98.3 Å². The SMILES string of the molecule is CNC(C#N)Cc1ccc(-c2noc(C(=O)N3CCN(Cc4ccccc4C)CC3)n2)c(F)c1. The average Bonchev–Trinajstić information content (AvgIpc) is 3.34. The van der Waals surface area contributed by atoms with E-state index in [9.17, 15) is 9.18 Å². The number of aryl methyl sites for hydroxylation is 1. The molecule has 1 N–H and O–H groups in total. The van der Waals surface area contributed by atoms with Gasteiger partial charge in [-0.1, -0.05) is 35.5 Å². The number of carbonyl (C=O) groups excluding carboxylic acids is 1. The number of rotatable bonds is 7. The van der Waals surface area contributed by atoms with Gasteiger partial charge in [0.1, 0.15) is 5.82 Å². The van der Waals surface area contributed by atoms with Gasteiger partial charge in [-0.15, -0.1) is 0 Å². The predicted octanol–water partition coefficient (Wildman–Crippen LogP) is 2.80. The van der Waals surface area contributed by atoms with Crippen LogP contribution in [0.15, 0.2) is 47.0 Å². The number of carbonyl (C=O) groups is 1. The number of benzene rings is 2. The number of aromatic nitrogens is 2. The number of nitrogens with zero attached hydrogens (tertiary/aromatic N) is 5. The van der Waals surface area contributed by atoms with Crippen molar-refractivity contribution in [2.75, 3.05) is 33.2 Å². The zero-order valence-electron chi connectivity index (χ0n) is 19.3. The lowest BCUT2D eigenvalue weighted by Crippen LogP contribution is -2.48. The number of piperazine rings is 1. The van der Waals surface area contributed by atoms with Crippen molar-refractivity contribution in [2.24, 2.45) is 0 Å². The molecular formula is C25H27FN6O2. The van der Waals surface area contributed by atoms with Crippen LogP contribution in [0.2, 0.25) is 0 Å². The Hall–Kier alpha value is -3.61. The summed E-state index contributed by atoms with van der Waals surface area (Å²) in [6, 6.07) is 14.6. The van der Waals surface area contributed by atoms with Crippen molar-refractivity contribution in [1.82, 2.24) is 25.3 Å². The molecule has 3 aromatic rings. The van der Waals surface area contributed by atoms with Gasteiger partial charge in [-0.3, -0.25) is 9.69 Å². The fourth-order valence-corrected chi connectivity index (χ4v) is 4.01. The van der Waals surface area contributed by atoms with Crippen molar-refractivity contribution < 1.29 is 13.7 Å². The Morgan fingerprint density at radius 2 is 2.00 bits per heavy atom. The quantitative estimate of drug-likeness (QED) is 0.577. The lowest BCUT2D eigenvalue weighted by Gasteiger charge is -2.34. The van der Waals surface area contributed by atoms with Crippen LogP contribution in [0.25, 0.3) is 11.4 Å². The highest BCUT2D eigenvalue weighted by molar-refractivity contribution is 5.90. The van der Waals surface area contributed by atoms with Gasteiger partial charge in [-0.05, 0) is 42.8 Å². The minimum absolute atomic E-state index is 0.0241.